The Morgan fingerprint density at radius 3 is 2.74 bits per heavy atom. The first-order valence-electron chi connectivity index (χ1n) is 7.58. The van der Waals surface area contributed by atoms with E-state index in [1.807, 2.05) is 12.1 Å². The van der Waals surface area contributed by atoms with Crippen molar-refractivity contribution in [1.82, 2.24) is 5.32 Å². The molecule has 1 aromatic rings. The van der Waals surface area contributed by atoms with E-state index in [0.29, 0.717) is 12.1 Å². The summed E-state index contributed by atoms with van der Waals surface area (Å²) in [7, 11) is 1.75. The predicted molar refractivity (Wildman–Crippen MR) is 80.7 cm³/mol. The Bertz CT molecular complexity index is 391. The molecule has 106 valence electrons. The molecule has 1 fully saturated rings. The fraction of sp³-hybridized carbons (Fsp3) is 0.647. The fourth-order valence-electron chi connectivity index (χ4n) is 3.19. The van der Waals surface area contributed by atoms with Crippen LogP contribution in [0.3, 0.4) is 0 Å². The van der Waals surface area contributed by atoms with Gasteiger partial charge in [0.1, 0.15) is 5.75 Å². The smallest absolute Gasteiger partial charge is 0.122 e. The minimum atomic E-state index is 0.502. The van der Waals surface area contributed by atoms with E-state index in [-0.39, 0.29) is 0 Å². The molecule has 2 heteroatoms. The first-order chi connectivity index (χ1) is 9.20. The van der Waals surface area contributed by atoms with E-state index in [1.54, 1.807) is 7.11 Å². The van der Waals surface area contributed by atoms with E-state index in [2.05, 4.69) is 31.3 Å². The molecular weight excluding hydrogens is 234 g/mol. The van der Waals surface area contributed by atoms with Crippen molar-refractivity contribution in [3.05, 3.63) is 29.8 Å². The van der Waals surface area contributed by atoms with Crippen molar-refractivity contribution < 1.29 is 4.74 Å². The van der Waals surface area contributed by atoms with Crippen LogP contribution in [0.5, 0.6) is 5.75 Å². The largest absolute Gasteiger partial charge is 0.496 e. The van der Waals surface area contributed by atoms with Crippen molar-refractivity contribution in [1.29, 1.82) is 0 Å². The monoisotopic (exact) mass is 261 g/mol. The molecule has 19 heavy (non-hydrogen) atoms. The summed E-state index contributed by atoms with van der Waals surface area (Å²) in [5.74, 6) is 1.82. The van der Waals surface area contributed by atoms with Gasteiger partial charge in [-0.1, -0.05) is 38.0 Å². The number of ether oxygens (including phenoxy) is 1. The topological polar surface area (TPSA) is 21.3 Å². The van der Waals surface area contributed by atoms with Gasteiger partial charge in [0, 0.05) is 12.1 Å². The maximum absolute atomic E-state index is 5.43. The summed E-state index contributed by atoms with van der Waals surface area (Å²) in [4.78, 5) is 0. The summed E-state index contributed by atoms with van der Waals surface area (Å²) in [6.45, 7) is 4.67. The first-order valence-corrected chi connectivity index (χ1v) is 7.58. The molecule has 3 atom stereocenters. The van der Waals surface area contributed by atoms with Crippen molar-refractivity contribution in [2.24, 2.45) is 5.92 Å². The first kappa shape index (κ1) is 14.4. The molecule has 3 unspecified atom stereocenters. The Morgan fingerprint density at radius 1 is 1.26 bits per heavy atom. The van der Waals surface area contributed by atoms with Gasteiger partial charge in [0.05, 0.1) is 7.11 Å². The van der Waals surface area contributed by atoms with Crippen LogP contribution >= 0.6 is 0 Å². The Morgan fingerprint density at radius 2 is 2.00 bits per heavy atom. The third kappa shape index (κ3) is 3.97. The highest BCUT2D eigenvalue weighted by atomic mass is 16.5. The molecule has 0 aromatic heterocycles. The summed E-state index contributed by atoms with van der Waals surface area (Å²) in [6, 6.07) is 9.53. The normalized spacial score (nSPS) is 25.0. The van der Waals surface area contributed by atoms with Crippen molar-refractivity contribution in [3.8, 4) is 5.75 Å². The molecule has 2 rings (SSSR count). The number of methoxy groups -OCH3 is 1. The number of rotatable bonds is 5. The Hall–Kier alpha value is -1.02. The van der Waals surface area contributed by atoms with Gasteiger partial charge in [0.25, 0.3) is 0 Å². The van der Waals surface area contributed by atoms with E-state index in [0.717, 1.165) is 18.1 Å². The molecule has 0 bridgehead atoms. The van der Waals surface area contributed by atoms with E-state index in [9.17, 15) is 0 Å². The quantitative estimate of drug-likeness (QED) is 0.870. The molecule has 0 amide bonds. The molecule has 0 heterocycles. The molecule has 1 aromatic carbocycles. The Labute approximate surface area is 117 Å². The third-order valence-corrected chi connectivity index (χ3v) is 4.33. The SMILES string of the molecule is COc1ccccc1CC(C)NC1CCCCC1C. The summed E-state index contributed by atoms with van der Waals surface area (Å²) < 4.78 is 5.43. The van der Waals surface area contributed by atoms with Crippen LogP contribution in [0, 0.1) is 5.92 Å². The molecule has 1 N–H and O–H groups in total. The van der Waals surface area contributed by atoms with E-state index >= 15 is 0 Å². The standard InChI is InChI=1S/C17H27NO/c1-13-8-4-6-10-16(13)18-14(2)12-15-9-5-7-11-17(15)19-3/h5,7,9,11,13-14,16,18H,4,6,8,10,12H2,1-3H3. The molecular formula is C17H27NO. The van der Waals surface area contributed by atoms with Gasteiger partial charge in [-0.3, -0.25) is 0 Å². The van der Waals surface area contributed by atoms with Gasteiger partial charge in [-0.15, -0.1) is 0 Å². The summed E-state index contributed by atoms with van der Waals surface area (Å²) in [5.41, 5.74) is 1.30. The van der Waals surface area contributed by atoms with Crippen LogP contribution in [0.15, 0.2) is 24.3 Å². The van der Waals surface area contributed by atoms with E-state index in [4.69, 9.17) is 4.74 Å². The maximum Gasteiger partial charge on any atom is 0.122 e. The highest BCUT2D eigenvalue weighted by molar-refractivity contribution is 5.33. The lowest BCUT2D eigenvalue weighted by molar-refractivity contribution is 0.261. The third-order valence-electron chi connectivity index (χ3n) is 4.33. The van der Waals surface area contributed by atoms with Gasteiger partial charge in [-0.2, -0.15) is 0 Å². The zero-order chi connectivity index (χ0) is 13.7. The molecule has 1 saturated carbocycles. The minimum absolute atomic E-state index is 0.502. The van der Waals surface area contributed by atoms with Gasteiger partial charge >= 0.3 is 0 Å². The Kier molecular flexibility index (Phi) is 5.26. The molecule has 0 spiro atoms. The summed E-state index contributed by atoms with van der Waals surface area (Å²) in [6.07, 6.45) is 6.52. The molecule has 0 radical (unpaired) electrons. The molecule has 2 nitrogen and oxygen atoms in total. The average Bonchev–Trinajstić information content (AvgIpc) is 2.42. The van der Waals surface area contributed by atoms with Crippen LogP contribution < -0.4 is 10.1 Å². The minimum Gasteiger partial charge on any atom is -0.496 e. The highest BCUT2D eigenvalue weighted by Gasteiger charge is 2.22. The number of nitrogens with one attached hydrogen (secondary N) is 1. The highest BCUT2D eigenvalue weighted by Crippen LogP contribution is 2.25. The lowest BCUT2D eigenvalue weighted by atomic mass is 9.85. The maximum atomic E-state index is 5.43. The lowest BCUT2D eigenvalue weighted by Crippen LogP contribution is -2.43. The second kappa shape index (κ2) is 6.95. The number of para-hydroxylation sites is 1. The van der Waals surface area contributed by atoms with Crippen LogP contribution in [-0.4, -0.2) is 19.2 Å². The van der Waals surface area contributed by atoms with Crippen molar-refractivity contribution in [3.63, 3.8) is 0 Å². The second-order valence-electron chi connectivity index (χ2n) is 5.95. The molecule has 1 aliphatic carbocycles. The van der Waals surface area contributed by atoms with Crippen LogP contribution in [0.1, 0.15) is 45.1 Å². The second-order valence-corrected chi connectivity index (χ2v) is 5.95. The predicted octanol–water partition coefficient (Wildman–Crippen LogP) is 3.79. The lowest BCUT2D eigenvalue weighted by Gasteiger charge is -2.32. The van der Waals surface area contributed by atoms with Gasteiger partial charge in [0.2, 0.25) is 0 Å². The Balaban J connectivity index is 1.91. The molecule has 0 saturated heterocycles. The molecule has 0 aliphatic heterocycles. The van der Waals surface area contributed by atoms with Gasteiger partial charge in [0.15, 0.2) is 0 Å². The van der Waals surface area contributed by atoms with E-state index in [1.165, 1.54) is 31.2 Å². The van der Waals surface area contributed by atoms with Crippen LogP contribution in [0.25, 0.3) is 0 Å². The van der Waals surface area contributed by atoms with Gasteiger partial charge in [-0.05, 0) is 43.7 Å². The van der Waals surface area contributed by atoms with Gasteiger partial charge in [-0.25, -0.2) is 0 Å². The van der Waals surface area contributed by atoms with E-state index < -0.39 is 0 Å². The number of benzene rings is 1. The van der Waals surface area contributed by atoms with Crippen LogP contribution in [0.2, 0.25) is 0 Å². The number of hydrogen-bond donors (Lipinski definition) is 1. The van der Waals surface area contributed by atoms with Crippen LogP contribution in [0.4, 0.5) is 0 Å². The van der Waals surface area contributed by atoms with Crippen molar-refractivity contribution in [2.75, 3.05) is 7.11 Å². The summed E-state index contributed by atoms with van der Waals surface area (Å²) in [5, 5.41) is 3.81. The fourth-order valence-corrected chi connectivity index (χ4v) is 3.19. The van der Waals surface area contributed by atoms with Crippen molar-refractivity contribution >= 4 is 0 Å². The summed E-state index contributed by atoms with van der Waals surface area (Å²) >= 11 is 0. The number of hydrogen-bond acceptors (Lipinski definition) is 2. The molecule has 1 aliphatic rings. The zero-order valence-electron chi connectivity index (χ0n) is 12.5. The van der Waals surface area contributed by atoms with Gasteiger partial charge < -0.3 is 10.1 Å². The average molecular weight is 261 g/mol. The zero-order valence-corrected chi connectivity index (χ0v) is 12.5. The van der Waals surface area contributed by atoms with Crippen LogP contribution in [-0.2, 0) is 6.42 Å². The van der Waals surface area contributed by atoms with Crippen molar-refractivity contribution in [2.45, 2.75) is 58.0 Å².